The molecule has 1 aliphatic heterocycles. The number of sulfonamides is 1. The zero-order valence-corrected chi connectivity index (χ0v) is 12.1. The molecule has 0 aromatic heterocycles. The minimum atomic E-state index is -3.90. The first-order valence-corrected chi connectivity index (χ1v) is 7.84. The number of nitrogens with zero attached hydrogens (tertiary/aromatic N) is 2. The van der Waals surface area contributed by atoms with Crippen molar-refractivity contribution in [3.8, 4) is 0 Å². The molecule has 1 aromatic rings. The molecule has 0 aliphatic carbocycles. The third-order valence-corrected chi connectivity index (χ3v) is 5.05. The fraction of sp³-hybridized carbons (Fsp3) is 0.455. The van der Waals surface area contributed by atoms with Gasteiger partial charge in [0, 0.05) is 18.7 Å². The second-order valence-electron chi connectivity index (χ2n) is 4.30. The highest BCUT2D eigenvalue weighted by atomic mass is 35.5. The number of nitro groups is 1. The first-order chi connectivity index (χ1) is 9.43. The lowest BCUT2D eigenvalue weighted by atomic mass is 10.2. The number of hydroxylamine groups is 1. The Morgan fingerprint density at radius 2 is 2.05 bits per heavy atom. The average molecular weight is 321 g/mol. The molecule has 7 nitrogen and oxygen atoms in total. The predicted molar refractivity (Wildman–Crippen MR) is 71.8 cm³/mol. The number of hydrogen-bond donors (Lipinski definition) is 0. The van der Waals surface area contributed by atoms with E-state index in [0.717, 1.165) is 35.5 Å². The molecule has 1 fully saturated rings. The summed E-state index contributed by atoms with van der Waals surface area (Å²) in [7, 11) is -3.90. The van der Waals surface area contributed by atoms with Crippen LogP contribution >= 0.6 is 11.6 Å². The van der Waals surface area contributed by atoms with Crippen molar-refractivity contribution in [2.75, 3.05) is 13.2 Å². The summed E-state index contributed by atoms with van der Waals surface area (Å²) in [5.41, 5.74) is -0.259. The van der Waals surface area contributed by atoms with Gasteiger partial charge in [0.05, 0.1) is 16.6 Å². The summed E-state index contributed by atoms with van der Waals surface area (Å²) in [6.07, 6.45) is 2.38. The van der Waals surface area contributed by atoms with E-state index in [0.29, 0.717) is 13.0 Å². The molecule has 0 saturated carbocycles. The van der Waals surface area contributed by atoms with Crippen molar-refractivity contribution in [1.82, 2.24) is 4.47 Å². The molecule has 20 heavy (non-hydrogen) atoms. The van der Waals surface area contributed by atoms with Gasteiger partial charge in [-0.25, -0.2) is 8.42 Å². The van der Waals surface area contributed by atoms with Gasteiger partial charge in [0.1, 0.15) is 4.90 Å². The minimum absolute atomic E-state index is 0.188. The number of nitro benzene ring substituents is 1. The zero-order valence-electron chi connectivity index (χ0n) is 10.5. The standard InChI is InChI=1S/C11H13ClN2O5S/c12-10-8-9(14(15)16)4-5-11(10)20(17,18)13-6-2-1-3-7-19-13/h4-5,8H,1-3,6-7H2. The number of benzene rings is 1. The monoisotopic (exact) mass is 320 g/mol. The normalized spacial score (nSPS) is 17.6. The van der Waals surface area contributed by atoms with Gasteiger partial charge < -0.3 is 0 Å². The maximum Gasteiger partial charge on any atom is 0.271 e. The maximum atomic E-state index is 12.4. The Morgan fingerprint density at radius 1 is 1.30 bits per heavy atom. The Bertz CT molecular complexity index is 611. The molecule has 1 saturated heterocycles. The highest BCUT2D eigenvalue weighted by Gasteiger charge is 2.29. The highest BCUT2D eigenvalue weighted by Crippen LogP contribution is 2.29. The van der Waals surface area contributed by atoms with Gasteiger partial charge in [0.25, 0.3) is 15.7 Å². The van der Waals surface area contributed by atoms with E-state index < -0.39 is 14.9 Å². The van der Waals surface area contributed by atoms with Gasteiger partial charge in [-0.2, -0.15) is 0 Å². The van der Waals surface area contributed by atoms with Crippen LogP contribution in [0.2, 0.25) is 5.02 Å². The lowest BCUT2D eigenvalue weighted by molar-refractivity contribution is -0.384. The first-order valence-electron chi connectivity index (χ1n) is 6.02. The van der Waals surface area contributed by atoms with Crippen molar-refractivity contribution in [2.45, 2.75) is 24.2 Å². The number of rotatable bonds is 3. The van der Waals surface area contributed by atoms with Crippen LogP contribution in [0.4, 0.5) is 5.69 Å². The van der Waals surface area contributed by atoms with Crippen LogP contribution in [0.5, 0.6) is 0 Å². The van der Waals surface area contributed by atoms with Gasteiger partial charge in [0.2, 0.25) is 0 Å². The van der Waals surface area contributed by atoms with Gasteiger partial charge in [-0.3, -0.25) is 15.0 Å². The van der Waals surface area contributed by atoms with Crippen LogP contribution in [0.15, 0.2) is 23.1 Å². The van der Waals surface area contributed by atoms with Crippen LogP contribution in [0.3, 0.4) is 0 Å². The molecule has 0 unspecified atom stereocenters. The summed E-state index contributed by atoms with van der Waals surface area (Å²) in [6, 6.07) is 3.26. The number of non-ortho nitro benzene ring substituents is 1. The molecule has 0 amide bonds. The predicted octanol–water partition coefficient (Wildman–Crippen LogP) is 2.35. The van der Waals surface area contributed by atoms with E-state index >= 15 is 0 Å². The van der Waals surface area contributed by atoms with E-state index in [4.69, 9.17) is 16.4 Å². The van der Waals surface area contributed by atoms with Crippen LogP contribution < -0.4 is 0 Å². The molecule has 1 heterocycles. The first kappa shape index (κ1) is 15.2. The van der Waals surface area contributed by atoms with Gasteiger partial charge in [-0.1, -0.05) is 16.1 Å². The molecule has 0 spiro atoms. The fourth-order valence-electron chi connectivity index (χ4n) is 1.86. The van der Waals surface area contributed by atoms with Crippen LogP contribution in [-0.4, -0.2) is 31.0 Å². The Balaban J connectivity index is 2.36. The van der Waals surface area contributed by atoms with Gasteiger partial charge >= 0.3 is 0 Å². The van der Waals surface area contributed by atoms with E-state index in [1.54, 1.807) is 0 Å². The molecule has 0 atom stereocenters. The molecule has 0 N–H and O–H groups in total. The largest absolute Gasteiger partial charge is 0.284 e. The van der Waals surface area contributed by atoms with Crippen molar-refractivity contribution < 1.29 is 18.2 Å². The minimum Gasteiger partial charge on any atom is -0.284 e. The summed E-state index contributed by atoms with van der Waals surface area (Å²) < 4.78 is 25.7. The van der Waals surface area contributed by atoms with E-state index in [-0.39, 0.29) is 22.2 Å². The summed E-state index contributed by atoms with van der Waals surface area (Å²) in [6.45, 7) is 0.569. The molecule has 1 aliphatic rings. The Hall–Kier alpha value is -1.22. The van der Waals surface area contributed by atoms with E-state index in [1.165, 1.54) is 0 Å². The zero-order chi connectivity index (χ0) is 14.8. The molecule has 0 bridgehead atoms. The number of halogens is 1. The van der Waals surface area contributed by atoms with E-state index in [2.05, 4.69) is 0 Å². The Kier molecular flexibility index (Phi) is 4.59. The van der Waals surface area contributed by atoms with Crippen molar-refractivity contribution >= 4 is 27.3 Å². The molecular weight excluding hydrogens is 308 g/mol. The molecule has 1 aromatic carbocycles. The van der Waals surface area contributed by atoms with E-state index in [9.17, 15) is 18.5 Å². The molecule has 110 valence electrons. The van der Waals surface area contributed by atoms with E-state index in [1.807, 2.05) is 0 Å². The summed E-state index contributed by atoms with van der Waals surface area (Å²) in [5, 5.41) is 10.4. The number of hydrogen-bond acceptors (Lipinski definition) is 5. The SMILES string of the molecule is O=[N+]([O-])c1ccc(S(=O)(=O)N2CCCCCO2)c(Cl)c1. The molecular formula is C11H13ClN2O5S. The topological polar surface area (TPSA) is 89.8 Å². The summed E-state index contributed by atoms with van der Waals surface area (Å²) in [4.78, 5) is 15.0. The van der Waals surface area contributed by atoms with Crippen LogP contribution in [0, 0.1) is 10.1 Å². The van der Waals surface area contributed by atoms with Crippen LogP contribution in [-0.2, 0) is 14.9 Å². The van der Waals surface area contributed by atoms with Crippen LogP contribution in [0.1, 0.15) is 19.3 Å². The van der Waals surface area contributed by atoms with Crippen LogP contribution in [0.25, 0.3) is 0 Å². The third-order valence-electron chi connectivity index (χ3n) is 2.89. The highest BCUT2D eigenvalue weighted by molar-refractivity contribution is 7.89. The van der Waals surface area contributed by atoms with Crippen molar-refractivity contribution in [1.29, 1.82) is 0 Å². The smallest absolute Gasteiger partial charge is 0.271 e. The third kappa shape index (κ3) is 3.09. The summed E-state index contributed by atoms with van der Waals surface area (Å²) in [5.74, 6) is 0. The average Bonchev–Trinajstić information content (AvgIpc) is 2.67. The Morgan fingerprint density at radius 3 is 2.70 bits per heavy atom. The summed E-state index contributed by atoms with van der Waals surface area (Å²) >= 11 is 5.85. The Labute approximate surface area is 121 Å². The van der Waals surface area contributed by atoms with Gasteiger partial charge in [0.15, 0.2) is 0 Å². The fourth-order valence-corrected chi connectivity index (χ4v) is 3.68. The second kappa shape index (κ2) is 6.04. The maximum absolute atomic E-state index is 12.4. The molecule has 2 rings (SSSR count). The van der Waals surface area contributed by atoms with Crippen molar-refractivity contribution in [2.24, 2.45) is 0 Å². The quantitative estimate of drug-likeness (QED) is 0.630. The van der Waals surface area contributed by atoms with Gasteiger partial charge in [-0.05, 0) is 25.3 Å². The molecule has 0 radical (unpaired) electrons. The molecule has 9 heteroatoms. The lowest BCUT2D eigenvalue weighted by Gasteiger charge is -2.19. The van der Waals surface area contributed by atoms with Gasteiger partial charge in [-0.15, -0.1) is 0 Å². The van der Waals surface area contributed by atoms with Crippen molar-refractivity contribution in [3.05, 3.63) is 33.3 Å². The lowest BCUT2D eigenvalue weighted by Crippen LogP contribution is -2.31. The van der Waals surface area contributed by atoms with Crippen molar-refractivity contribution in [3.63, 3.8) is 0 Å². The second-order valence-corrected chi connectivity index (χ2v) is 6.50.